The molecule has 83 heavy (non-hydrogen) atoms. The van der Waals surface area contributed by atoms with E-state index >= 15 is 0 Å². The van der Waals surface area contributed by atoms with Crippen LogP contribution in [0.1, 0.15) is 69.4 Å². The van der Waals surface area contributed by atoms with Crippen molar-refractivity contribution in [2.24, 2.45) is 10.9 Å². The smallest absolute Gasteiger partial charge is 0.285 e. The fourth-order valence-electron chi connectivity index (χ4n) is 12.9. The molecule has 5 fully saturated rings. The second kappa shape index (κ2) is 26.0. The molecule has 1 saturated carbocycles. The van der Waals surface area contributed by atoms with E-state index in [2.05, 4.69) is 5.32 Å². The number of carbonyl (C=O) groups is 2. The molecule has 5 heterocycles. The number of nitrogens with zero attached hydrogens (tertiary/aromatic N) is 3. The van der Waals surface area contributed by atoms with Crippen LogP contribution >= 0.6 is 0 Å². The maximum Gasteiger partial charge on any atom is 0.285 e. The lowest BCUT2D eigenvalue weighted by Gasteiger charge is -2.49. The van der Waals surface area contributed by atoms with Crippen molar-refractivity contribution in [1.29, 1.82) is 0 Å². The minimum absolute atomic E-state index is 0.00936. The van der Waals surface area contributed by atoms with Crippen molar-refractivity contribution in [3.63, 3.8) is 0 Å². The van der Waals surface area contributed by atoms with Gasteiger partial charge < -0.3 is 72.0 Å². The Hall–Kier alpha value is -6.13. The van der Waals surface area contributed by atoms with Crippen molar-refractivity contribution in [1.82, 2.24) is 15.1 Å². The predicted molar refractivity (Wildman–Crippen MR) is 305 cm³/mol. The molecule has 1 aliphatic carbocycles. The summed E-state index contributed by atoms with van der Waals surface area (Å²) < 4.78 is 83.7. The Morgan fingerprint density at radius 1 is 0.494 bits per heavy atom. The maximum atomic E-state index is 14.4. The van der Waals surface area contributed by atoms with Gasteiger partial charge >= 0.3 is 0 Å². The number of amides is 2. The van der Waals surface area contributed by atoms with Gasteiger partial charge in [0.2, 0.25) is 11.8 Å². The molecule has 0 unspecified atom stereocenters. The predicted octanol–water partition coefficient (Wildman–Crippen LogP) is 7.70. The topological polar surface area (TPSA) is 176 Å². The van der Waals surface area contributed by atoms with E-state index in [1.165, 1.54) is 13.8 Å². The van der Waals surface area contributed by atoms with Crippen LogP contribution in [-0.2, 0) is 99.5 Å². The van der Waals surface area contributed by atoms with Crippen molar-refractivity contribution >= 4 is 17.8 Å². The van der Waals surface area contributed by atoms with Gasteiger partial charge in [-0.1, -0.05) is 152 Å². The van der Waals surface area contributed by atoms with E-state index in [9.17, 15) is 9.59 Å². The highest BCUT2D eigenvalue weighted by atomic mass is 16.8. The fraction of sp³-hybridized carbons (Fsp3) is 0.492. The van der Waals surface area contributed by atoms with Crippen LogP contribution in [0.25, 0.3) is 0 Å². The molecular formula is C65H78N4O14. The molecule has 6 aliphatic rings. The zero-order valence-electron chi connectivity index (χ0n) is 48.3. The van der Waals surface area contributed by atoms with E-state index < -0.39 is 103 Å². The van der Waals surface area contributed by atoms with E-state index in [0.29, 0.717) is 19.2 Å². The summed E-state index contributed by atoms with van der Waals surface area (Å²) in [5.74, 6) is -0.973. The number of amidine groups is 1. The van der Waals surface area contributed by atoms with Gasteiger partial charge in [-0.15, -0.1) is 0 Å². The standard InChI is InChI=1S/C65H78N4O14/c1-41(70)68-52-59(82-64(68,3)4)56(75-36-46-29-19-11-20-30-46)49(39-73-34-44-25-15-9-16-26-44)77-62(52)80-57-50(40-74-35-45-27-17-10-18-28-45)78-61(53-60(57)83-65(5,6)69(53)42(2)71)79-55-48(38-72-33-43-23-13-8-14-24-43)54-51(67-63(66-7)81-54)58(55)76-37-47-31-21-12-22-32-47/h8-32,48-62H,33-40H2,1-7H3,(H,66,67)/t48-,49+,50+,51-,52+,53+,54-,55+,56+,57+,58+,59-,60-,61-,62-/m0/s1. The third-order valence-electron chi connectivity index (χ3n) is 16.4. The number of benzene rings is 5. The first-order valence-electron chi connectivity index (χ1n) is 28.9. The molecular weight excluding hydrogens is 1060 g/mol. The first-order chi connectivity index (χ1) is 40.3. The van der Waals surface area contributed by atoms with Crippen molar-refractivity contribution in [2.45, 2.75) is 172 Å². The third kappa shape index (κ3) is 13.1. The molecule has 5 aromatic carbocycles. The van der Waals surface area contributed by atoms with Crippen LogP contribution in [0.4, 0.5) is 0 Å². The number of rotatable bonds is 22. The van der Waals surface area contributed by atoms with E-state index in [1.807, 2.05) is 179 Å². The Kier molecular flexibility index (Phi) is 18.4. The summed E-state index contributed by atoms with van der Waals surface area (Å²) in [5.41, 5.74) is 2.53. The SMILES string of the molecule is CNC1=N[C@@H]2[C@@H](OCc3ccccc3)[C@H](O[C@@H]3O[C@H](COCc4ccccc4)[C@@H](O[C@@H]4O[C@H](COCc5ccccc5)[C@@H](OCc5ccccc5)[C@H]5OC(C)(C)N(C(C)=O)[C@@H]45)[C@H]4OC(C)(C)N(C(C)=O)[C@@H]34)[C@@H](COCc3ccccc3)[C@@H]2O1. The van der Waals surface area contributed by atoms with Gasteiger partial charge in [-0.05, 0) is 55.5 Å². The normalized spacial score (nSPS) is 31.2. The summed E-state index contributed by atoms with van der Waals surface area (Å²) in [5, 5.41) is 3.10. The number of nitrogens with one attached hydrogen (secondary N) is 1. The van der Waals surface area contributed by atoms with Crippen molar-refractivity contribution in [3.8, 4) is 0 Å². The number of hydrogen-bond acceptors (Lipinski definition) is 16. The second-order valence-electron chi connectivity index (χ2n) is 23.1. The Morgan fingerprint density at radius 2 is 0.867 bits per heavy atom. The van der Waals surface area contributed by atoms with E-state index in [1.54, 1.807) is 16.8 Å². The number of carbonyl (C=O) groups excluding carboxylic acids is 2. The lowest BCUT2D eigenvalue weighted by molar-refractivity contribution is -0.341. The van der Waals surface area contributed by atoms with Gasteiger partial charge in [-0.3, -0.25) is 9.59 Å². The van der Waals surface area contributed by atoms with E-state index in [4.69, 9.17) is 61.8 Å². The van der Waals surface area contributed by atoms with E-state index in [-0.39, 0.29) is 51.5 Å². The number of ether oxygens (including phenoxy) is 12. The van der Waals surface area contributed by atoms with Gasteiger partial charge in [0, 0.05) is 20.9 Å². The molecule has 0 aromatic heterocycles. The van der Waals surface area contributed by atoms with Crippen molar-refractivity contribution in [2.75, 3.05) is 26.9 Å². The largest absolute Gasteiger partial charge is 0.459 e. The Labute approximate surface area is 486 Å². The quantitative estimate of drug-likeness (QED) is 0.0713. The van der Waals surface area contributed by atoms with Crippen LogP contribution in [0.3, 0.4) is 0 Å². The number of fused-ring (bicyclic) bond motifs is 3. The minimum atomic E-state index is -1.21. The third-order valence-corrected chi connectivity index (χ3v) is 16.4. The highest BCUT2D eigenvalue weighted by molar-refractivity contribution is 5.76. The molecule has 18 nitrogen and oxygen atoms in total. The van der Waals surface area contributed by atoms with Gasteiger partial charge in [-0.25, -0.2) is 4.99 Å². The van der Waals surface area contributed by atoms with Gasteiger partial charge in [0.15, 0.2) is 12.6 Å². The molecule has 0 spiro atoms. The first-order valence-corrected chi connectivity index (χ1v) is 28.9. The summed E-state index contributed by atoms with van der Waals surface area (Å²) in [4.78, 5) is 36.8. The maximum absolute atomic E-state index is 14.4. The highest BCUT2D eigenvalue weighted by Crippen LogP contribution is 2.48. The number of hydrogen-bond donors (Lipinski definition) is 1. The monoisotopic (exact) mass is 1140 g/mol. The van der Waals surface area contributed by atoms with Crippen LogP contribution < -0.4 is 5.32 Å². The molecule has 18 heteroatoms. The molecule has 5 aliphatic heterocycles. The molecule has 5 aromatic rings. The molecule has 0 radical (unpaired) electrons. The van der Waals surface area contributed by atoms with Crippen molar-refractivity contribution < 1.29 is 66.4 Å². The number of aliphatic imine (C=N–C) groups is 1. The molecule has 4 saturated heterocycles. The molecule has 0 bridgehead atoms. The van der Waals surface area contributed by atoms with Gasteiger partial charge in [0.25, 0.3) is 6.02 Å². The van der Waals surface area contributed by atoms with Crippen LogP contribution in [0.5, 0.6) is 0 Å². The first kappa shape index (κ1) is 58.6. The molecule has 2 amide bonds. The Balaban J connectivity index is 0.961. The van der Waals surface area contributed by atoms with Crippen LogP contribution in [0.2, 0.25) is 0 Å². The van der Waals surface area contributed by atoms with Gasteiger partial charge in [-0.2, -0.15) is 0 Å². The van der Waals surface area contributed by atoms with Crippen LogP contribution in [0, 0.1) is 5.92 Å². The highest BCUT2D eigenvalue weighted by Gasteiger charge is 2.66. The summed E-state index contributed by atoms with van der Waals surface area (Å²) in [6.07, 6.45) is -9.40. The van der Waals surface area contributed by atoms with Gasteiger partial charge in [0.1, 0.15) is 78.4 Å². The average Bonchev–Trinajstić information content (AvgIpc) is 3.20. The minimum Gasteiger partial charge on any atom is -0.459 e. The zero-order chi connectivity index (χ0) is 57.7. The summed E-state index contributed by atoms with van der Waals surface area (Å²) in [6.45, 7) is 12.1. The lowest BCUT2D eigenvalue weighted by Crippen LogP contribution is -2.67. The molecule has 15 atom stereocenters. The van der Waals surface area contributed by atoms with E-state index in [0.717, 1.165) is 27.8 Å². The van der Waals surface area contributed by atoms with Gasteiger partial charge in [0.05, 0.1) is 64.9 Å². The average molecular weight is 1140 g/mol. The lowest BCUT2D eigenvalue weighted by atomic mass is 9.93. The van der Waals surface area contributed by atoms with Crippen LogP contribution in [-0.4, -0.2) is 152 Å². The summed E-state index contributed by atoms with van der Waals surface area (Å²) in [7, 11) is 1.77. The Morgan fingerprint density at radius 3 is 1.29 bits per heavy atom. The molecule has 11 rings (SSSR count). The second-order valence-corrected chi connectivity index (χ2v) is 23.1. The van der Waals surface area contributed by atoms with Crippen molar-refractivity contribution in [3.05, 3.63) is 179 Å². The Bertz CT molecular complexity index is 2930. The van der Waals surface area contributed by atoms with Crippen LogP contribution in [0.15, 0.2) is 157 Å². The molecule has 1 N–H and O–H groups in total. The fourth-order valence-corrected chi connectivity index (χ4v) is 12.9. The molecule has 442 valence electrons. The summed E-state index contributed by atoms with van der Waals surface area (Å²) in [6, 6.07) is 47.7. The zero-order valence-corrected chi connectivity index (χ0v) is 48.3. The summed E-state index contributed by atoms with van der Waals surface area (Å²) >= 11 is 0.